The highest BCUT2D eigenvalue weighted by Gasteiger charge is 2.28. The molecule has 21 heavy (non-hydrogen) atoms. The van der Waals surface area contributed by atoms with Crippen LogP contribution in [0.4, 0.5) is 0 Å². The number of sulfonamides is 1. The number of nitrogens with one attached hydrogen (secondary N) is 2. The van der Waals surface area contributed by atoms with Gasteiger partial charge >= 0.3 is 0 Å². The van der Waals surface area contributed by atoms with Gasteiger partial charge in [0, 0.05) is 18.7 Å². The van der Waals surface area contributed by atoms with Gasteiger partial charge in [-0.3, -0.25) is 0 Å². The van der Waals surface area contributed by atoms with Crippen molar-refractivity contribution in [3.8, 4) is 5.75 Å². The van der Waals surface area contributed by atoms with E-state index in [9.17, 15) is 8.42 Å². The Kier molecular flexibility index (Phi) is 5.24. The Bertz CT molecular complexity index is 583. The number of hydrogen-bond acceptors (Lipinski definition) is 4. The first kappa shape index (κ1) is 16.3. The predicted octanol–water partition coefficient (Wildman–Crippen LogP) is 1.74. The molecule has 0 saturated heterocycles. The van der Waals surface area contributed by atoms with Gasteiger partial charge in [-0.2, -0.15) is 0 Å². The molecule has 0 aromatic heterocycles. The molecule has 5 nitrogen and oxygen atoms in total. The number of methoxy groups -OCH3 is 1. The van der Waals surface area contributed by atoms with Gasteiger partial charge in [0.25, 0.3) is 0 Å². The van der Waals surface area contributed by atoms with E-state index in [1.165, 1.54) is 12.8 Å². The van der Waals surface area contributed by atoms with Gasteiger partial charge in [0.05, 0.1) is 12.0 Å². The molecule has 0 amide bonds. The minimum absolute atomic E-state index is 0.288. The predicted molar refractivity (Wildman–Crippen MR) is 82.8 cm³/mol. The first-order chi connectivity index (χ1) is 9.97. The van der Waals surface area contributed by atoms with E-state index in [0.717, 1.165) is 5.56 Å². The largest absolute Gasteiger partial charge is 0.496 e. The van der Waals surface area contributed by atoms with Crippen molar-refractivity contribution in [2.45, 2.75) is 31.2 Å². The summed E-state index contributed by atoms with van der Waals surface area (Å²) in [5.74, 6) is 1.77. The van der Waals surface area contributed by atoms with Gasteiger partial charge in [-0.1, -0.05) is 6.92 Å². The van der Waals surface area contributed by atoms with Gasteiger partial charge in [-0.15, -0.1) is 0 Å². The Hall–Kier alpha value is -1.11. The second-order valence-electron chi connectivity index (χ2n) is 5.67. The zero-order chi connectivity index (χ0) is 15.5. The zero-order valence-electron chi connectivity index (χ0n) is 12.8. The third-order valence-corrected chi connectivity index (χ3v) is 5.37. The Balaban J connectivity index is 2.12. The van der Waals surface area contributed by atoms with Crippen LogP contribution in [0.2, 0.25) is 0 Å². The van der Waals surface area contributed by atoms with Crippen LogP contribution in [0, 0.1) is 11.8 Å². The summed E-state index contributed by atoms with van der Waals surface area (Å²) in [5, 5.41) is 3.02. The molecule has 6 heteroatoms. The average Bonchev–Trinajstić information content (AvgIpc) is 3.30. The van der Waals surface area contributed by atoms with Gasteiger partial charge < -0.3 is 10.1 Å². The molecular formula is C15H24N2O3S. The van der Waals surface area contributed by atoms with Crippen molar-refractivity contribution in [1.82, 2.24) is 10.0 Å². The highest BCUT2D eigenvalue weighted by Crippen LogP contribution is 2.36. The van der Waals surface area contributed by atoms with Crippen molar-refractivity contribution in [2.24, 2.45) is 11.8 Å². The third-order valence-electron chi connectivity index (χ3n) is 3.95. The first-order valence-corrected chi connectivity index (χ1v) is 8.77. The topological polar surface area (TPSA) is 67.4 Å². The molecule has 2 N–H and O–H groups in total. The number of benzene rings is 1. The van der Waals surface area contributed by atoms with Crippen LogP contribution in [-0.2, 0) is 16.6 Å². The van der Waals surface area contributed by atoms with E-state index in [1.54, 1.807) is 25.3 Å². The molecule has 1 aromatic rings. The fourth-order valence-electron chi connectivity index (χ4n) is 2.41. The monoisotopic (exact) mass is 312 g/mol. The summed E-state index contributed by atoms with van der Waals surface area (Å²) in [6.45, 7) is 3.16. The van der Waals surface area contributed by atoms with Crippen LogP contribution < -0.4 is 14.8 Å². The lowest BCUT2D eigenvalue weighted by Gasteiger charge is -2.14. The maximum absolute atomic E-state index is 12.4. The van der Waals surface area contributed by atoms with Gasteiger partial charge in [-0.05, 0) is 49.9 Å². The second kappa shape index (κ2) is 6.77. The highest BCUT2D eigenvalue weighted by atomic mass is 32.2. The smallest absolute Gasteiger partial charge is 0.240 e. The highest BCUT2D eigenvalue weighted by molar-refractivity contribution is 7.89. The normalized spacial score (nSPS) is 16.7. The van der Waals surface area contributed by atoms with E-state index in [-0.39, 0.29) is 4.90 Å². The van der Waals surface area contributed by atoms with Crippen molar-refractivity contribution in [1.29, 1.82) is 0 Å². The molecule has 0 aliphatic heterocycles. The molecule has 1 aliphatic rings. The maximum atomic E-state index is 12.4. The summed E-state index contributed by atoms with van der Waals surface area (Å²) >= 11 is 0. The summed E-state index contributed by atoms with van der Waals surface area (Å²) in [5.41, 5.74) is 0.832. The summed E-state index contributed by atoms with van der Waals surface area (Å²) in [6.07, 6.45) is 2.44. The van der Waals surface area contributed by atoms with Crippen LogP contribution in [0.15, 0.2) is 23.1 Å². The Morgan fingerprint density at radius 3 is 2.67 bits per heavy atom. The molecule has 0 bridgehead atoms. The molecule has 0 radical (unpaired) electrons. The van der Waals surface area contributed by atoms with E-state index in [0.29, 0.717) is 30.7 Å². The molecule has 1 aliphatic carbocycles. The van der Waals surface area contributed by atoms with Crippen LogP contribution in [0.1, 0.15) is 25.3 Å². The van der Waals surface area contributed by atoms with Crippen molar-refractivity contribution >= 4 is 10.0 Å². The van der Waals surface area contributed by atoms with Gasteiger partial charge in [-0.25, -0.2) is 13.1 Å². The molecular weight excluding hydrogens is 288 g/mol. The molecule has 1 fully saturated rings. The number of hydrogen-bond donors (Lipinski definition) is 2. The fourth-order valence-corrected chi connectivity index (χ4v) is 3.60. The van der Waals surface area contributed by atoms with E-state index >= 15 is 0 Å². The van der Waals surface area contributed by atoms with Crippen molar-refractivity contribution in [3.63, 3.8) is 0 Å². The van der Waals surface area contributed by atoms with Crippen molar-refractivity contribution in [2.75, 3.05) is 20.7 Å². The van der Waals surface area contributed by atoms with Crippen molar-refractivity contribution < 1.29 is 13.2 Å². The number of ether oxygens (including phenoxy) is 1. The Labute approximate surface area is 127 Å². The summed E-state index contributed by atoms with van der Waals surface area (Å²) in [7, 11) is -0.0630. The quantitative estimate of drug-likeness (QED) is 0.767. The maximum Gasteiger partial charge on any atom is 0.240 e. The molecule has 2 rings (SSSR count). The number of rotatable bonds is 8. The van der Waals surface area contributed by atoms with Crippen LogP contribution in [0.3, 0.4) is 0 Å². The van der Waals surface area contributed by atoms with Gasteiger partial charge in [0.2, 0.25) is 10.0 Å². The molecule has 1 saturated carbocycles. The summed E-state index contributed by atoms with van der Waals surface area (Å²) < 4.78 is 32.7. The minimum Gasteiger partial charge on any atom is -0.496 e. The molecule has 1 aromatic carbocycles. The Morgan fingerprint density at radius 1 is 1.38 bits per heavy atom. The average molecular weight is 312 g/mol. The summed E-state index contributed by atoms with van der Waals surface area (Å²) in [4.78, 5) is 0.288. The van der Waals surface area contributed by atoms with Crippen LogP contribution in [-0.4, -0.2) is 29.1 Å². The van der Waals surface area contributed by atoms with Crippen LogP contribution in [0.5, 0.6) is 5.75 Å². The van der Waals surface area contributed by atoms with E-state index in [4.69, 9.17) is 4.74 Å². The lowest BCUT2D eigenvalue weighted by molar-refractivity contribution is 0.408. The lowest BCUT2D eigenvalue weighted by atomic mass is 10.1. The standard InChI is InChI=1S/C15H24N2O3S/c1-11(12-4-5-12)9-17-21(18,19)14-6-7-15(20-3)13(8-14)10-16-2/h6-8,11-12,16-17H,4-5,9-10H2,1-3H3. The molecule has 1 unspecified atom stereocenters. The molecule has 0 heterocycles. The molecule has 0 spiro atoms. The second-order valence-corrected chi connectivity index (χ2v) is 7.44. The van der Waals surface area contributed by atoms with Gasteiger partial charge in [0.15, 0.2) is 0 Å². The van der Waals surface area contributed by atoms with Crippen LogP contribution in [0.25, 0.3) is 0 Å². The molecule has 1 atom stereocenters. The SMILES string of the molecule is CNCc1cc(S(=O)(=O)NCC(C)C2CC2)ccc1OC. The summed E-state index contributed by atoms with van der Waals surface area (Å²) in [6, 6.07) is 4.95. The third kappa shape index (κ3) is 4.18. The Morgan fingerprint density at radius 2 is 2.10 bits per heavy atom. The van der Waals surface area contributed by atoms with E-state index in [1.807, 2.05) is 7.05 Å². The minimum atomic E-state index is -3.46. The zero-order valence-corrected chi connectivity index (χ0v) is 13.7. The van der Waals surface area contributed by atoms with Crippen molar-refractivity contribution in [3.05, 3.63) is 23.8 Å². The van der Waals surface area contributed by atoms with E-state index in [2.05, 4.69) is 17.0 Å². The van der Waals surface area contributed by atoms with E-state index < -0.39 is 10.0 Å². The fraction of sp³-hybridized carbons (Fsp3) is 0.600. The molecule has 118 valence electrons. The van der Waals surface area contributed by atoms with Crippen LogP contribution >= 0.6 is 0 Å². The lowest BCUT2D eigenvalue weighted by Crippen LogP contribution is -2.29. The first-order valence-electron chi connectivity index (χ1n) is 7.29. The van der Waals surface area contributed by atoms with Gasteiger partial charge in [0.1, 0.15) is 5.75 Å².